The first kappa shape index (κ1) is 22.5. The number of rotatable bonds is 3. The van der Waals surface area contributed by atoms with E-state index in [0.29, 0.717) is 24.1 Å². The molecule has 5 nitrogen and oxygen atoms in total. The zero-order valence-electron chi connectivity index (χ0n) is 17.1. The number of hydrogen-bond donors (Lipinski definition) is 2. The first-order valence-corrected chi connectivity index (χ1v) is 10.1. The largest absolute Gasteiger partial charge is 0.364 e. The molecule has 1 fully saturated rings. The number of alkyl halides is 2. The molecule has 1 aliphatic rings. The highest BCUT2D eigenvalue weighted by Crippen LogP contribution is 2.41. The summed E-state index contributed by atoms with van der Waals surface area (Å²) in [6, 6.07) is 9.48. The van der Waals surface area contributed by atoms with Crippen LogP contribution in [-0.2, 0) is 6.42 Å². The molecule has 0 radical (unpaired) electrons. The molecular weight excluding hydrogens is 407 g/mol. The van der Waals surface area contributed by atoms with Gasteiger partial charge in [-0.3, -0.25) is 14.6 Å². The van der Waals surface area contributed by atoms with E-state index >= 15 is 0 Å². The number of H-pyrrole nitrogens is 1. The molecule has 1 saturated carbocycles. The van der Waals surface area contributed by atoms with Gasteiger partial charge in [0.2, 0.25) is 5.92 Å². The van der Waals surface area contributed by atoms with Gasteiger partial charge in [0.15, 0.2) is 5.43 Å². The lowest BCUT2D eigenvalue weighted by atomic mass is 9.84. The van der Waals surface area contributed by atoms with Gasteiger partial charge in [0, 0.05) is 36.7 Å². The van der Waals surface area contributed by atoms with Gasteiger partial charge >= 0.3 is 0 Å². The third kappa shape index (κ3) is 5.51. The van der Waals surface area contributed by atoms with E-state index in [1.807, 2.05) is 13.0 Å². The summed E-state index contributed by atoms with van der Waals surface area (Å²) in [6.45, 7) is 2.01. The van der Waals surface area contributed by atoms with E-state index < -0.39 is 23.2 Å². The number of pyridine rings is 2. The van der Waals surface area contributed by atoms with E-state index in [1.54, 1.807) is 12.1 Å². The number of nitrogens with zero attached hydrogens (tertiary/aromatic N) is 1. The molecule has 31 heavy (non-hydrogen) atoms. The van der Waals surface area contributed by atoms with E-state index in [0.717, 1.165) is 12.0 Å². The van der Waals surface area contributed by atoms with Crippen LogP contribution in [0, 0.1) is 5.82 Å². The Morgan fingerprint density at radius 1 is 1.29 bits per heavy atom. The van der Waals surface area contributed by atoms with Crippen LogP contribution in [0.1, 0.15) is 60.3 Å². The monoisotopic (exact) mass is 431 g/mol. The number of aromatic amines is 1. The Morgan fingerprint density at radius 3 is 2.68 bits per heavy atom. The molecule has 0 saturated heterocycles. The van der Waals surface area contributed by atoms with Gasteiger partial charge in [-0.2, -0.15) is 0 Å². The second-order valence-corrected chi connectivity index (χ2v) is 7.67. The smallest absolute Gasteiger partial charge is 0.268 e. The van der Waals surface area contributed by atoms with Crippen LogP contribution in [-0.4, -0.2) is 21.8 Å². The van der Waals surface area contributed by atoms with Crippen molar-refractivity contribution in [2.75, 3.05) is 0 Å². The average molecular weight is 431 g/mol. The normalized spacial score (nSPS) is 17.6. The van der Waals surface area contributed by atoms with E-state index in [-0.39, 0.29) is 29.7 Å². The summed E-state index contributed by atoms with van der Waals surface area (Å²) in [6.07, 6.45) is 2.89. The molecule has 1 aromatic carbocycles. The van der Waals surface area contributed by atoms with Gasteiger partial charge < -0.3 is 10.7 Å². The molecule has 4 rings (SSSR count). The number of aryl methyl sites for hydroxylation is 1. The van der Waals surface area contributed by atoms with Crippen LogP contribution < -0.4 is 11.2 Å². The number of benzene rings is 1. The maximum absolute atomic E-state index is 13.6. The van der Waals surface area contributed by atoms with Crippen LogP contribution in [0.3, 0.4) is 0 Å². The molecule has 164 valence electrons. The van der Waals surface area contributed by atoms with Crippen molar-refractivity contribution >= 4 is 16.8 Å². The van der Waals surface area contributed by atoms with Crippen molar-refractivity contribution in [2.45, 2.75) is 50.9 Å². The van der Waals surface area contributed by atoms with Gasteiger partial charge in [-0.15, -0.1) is 0 Å². The third-order valence-electron chi connectivity index (χ3n) is 5.37. The van der Waals surface area contributed by atoms with E-state index in [2.05, 4.69) is 9.97 Å². The predicted octanol–water partition coefficient (Wildman–Crippen LogP) is 4.70. The topological polar surface area (TPSA) is 88.8 Å². The van der Waals surface area contributed by atoms with Gasteiger partial charge in [-0.1, -0.05) is 19.1 Å². The van der Waals surface area contributed by atoms with Crippen molar-refractivity contribution in [3.05, 3.63) is 75.6 Å². The summed E-state index contributed by atoms with van der Waals surface area (Å²) in [5.74, 6) is -4.04. The minimum absolute atomic E-state index is 0.0984. The number of carbonyl (C=O) groups is 1. The summed E-state index contributed by atoms with van der Waals surface area (Å²) in [7, 11) is 0. The van der Waals surface area contributed by atoms with Crippen LogP contribution in [0.2, 0.25) is 0 Å². The molecule has 1 aliphatic carbocycles. The summed E-state index contributed by atoms with van der Waals surface area (Å²) >= 11 is 0. The molecule has 2 aromatic heterocycles. The highest BCUT2D eigenvalue weighted by molar-refractivity contribution is 6.03. The molecular formula is C23H24F3N3O2. The highest BCUT2D eigenvalue weighted by Gasteiger charge is 2.37. The molecule has 3 aromatic rings. The number of hydrogen-bond acceptors (Lipinski definition) is 3. The van der Waals surface area contributed by atoms with Gasteiger partial charge in [0.25, 0.3) is 5.91 Å². The van der Waals surface area contributed by atoms with Crippen LogP contribution >= 0.6 is 0 Å². The van der Waals surface area contributed by atoms with Crippen molar-refractivity contribution in [2.24, 2.45) is 5.73 Å². The molecule has 1 amide bonds. The maximum Gasteiger partial charge on any atom is 0.268 e. The number of halogens is 3. The standard InChI is InChI=1S/C15H15F2N3O2.C8H9F/c16-15(17)4-1-2-8(7-15)10-6-11(21)12-9(20-10)3-5-19-13(12)14(18)22;1-2-7-4-3-5-8(9)6-7/h3,5-6,8H,1-2,4,7H2,(H2,18,22)(H,20,21);3-6H,2H2,1H3/t8-;/m0./s1. The number of nitrogens with one attached hydrogen (secondary N) is 1. The second-order valence-electron chi connectivity index (χ2n) is 7.67. The first-order valence-electron chi connectivity index (χ1n) is 10.1. The SMILES string of the molecule is CCc1cccc(F)c1.NC(=O)c1nccc2[nH]c([C@H]3CCCC(F)(F)C3)cc(=O)c12. The Hall–Kier alpha value is -3.16. The lowest BCUT2D eigenvalue weighted by molar-refractivity contribution is -0.0412. The van der Waals surface area contributed by atoms with Gasteiger partial charge in [-0.05, 0) is 43.0 Å². The van der Waals surface area contributed by atoms with E-state index in [9.17, 15) is 22.8 Å². The Labute approximate surface area is 177 Å². The van der Waals surface area contributed by atoms with Crippen LogP contribution in [0.4, 0.5) is 13.2 Å². The van der Waals surface area contributed by atoms with Crippen molar-refractivity contribution in [3.63, 3.8) is 0 Å². The van der Waals surface area contributed by atoms with Crippen molar-refractivity contribution in [1.29, 1.82) is 0 Å². The van der Waals surface area contributed by atoms with Crippen molar-refractivity contribution in [1.82, 2.24) is 9.97 Å². The Balaban J connectivity index is 0.000000254. The fourth-order valence-electron chi connectivity index (χ4n) is 3.82. The van der Waals surface area contributed by atoms with Crippen LogP contribution in [0.15, 0.2) is 47.4 Å². The Bertz CT molecular complexity index is 1140. The van der Waals surface area contributed by atoms with Gasteiger partial charge in [0.1, 0.15) is 11.5 Å². The lowest BCUT2D eigenvalue weighted by Crippen LogP contribution is -2.26. The summed E-state index contributed by atoms with van der Waals surface area (Å²) < 4.78 is 39.5. The third-order valence-corrected chi connectivity index (χ3v) is 5.37. The summed E-state index contributed by atoms with van der Waals surface area (Å²) in [5.41, 5.74) is 6.58. The van der Waals surface area contributed by atoms with Crippen LogP contribution in [0.5, 0.6) is 0 Å². The number of nitrogens with two attached hydrogens (primary N) is 1. The van der Waals surface area contributed by atoms with E-state index in [1.165, 1.54) is 24.4 Å². The average Bonchev–Trinajstić information content (AvgIpc) is 2.73. The number of aromatic nitrogens is 2. The molecule has 0 bridgehead atoms. The number of primary amides is 1. The number of carbonyl (C=O) groups excluding carboxylic acids is 1. The molecule has 0 aliphatic heterocycles. The van der Waals surface area contributed by atoms with Gasteiger partial charge in [-0.25, -0.2) is 13.2 Å². The number of fused-ring (bicyclic) bond motifs is 1. The van der Waals surface area contributed by atoms with Crippen molar-refractivity contribution < 1.29 is 18.0 Å². The Kier molecular flexibility index (Phi) is 6.77. The van der Waals surface area contributed by atoms with Crippen LogP contribution in [0.25, 0.3) is 10.9 Å². The van der Waals surface area contributed by atoms with Gasteiger partial charge in [0.05, 0.1) is 10.9 Å². The fourth-order valence-corrected chi connectivity index (χ4v) is 3.82. The predicted molar refractivity (Wildman–Crippen MR) is 113 cm³/mol. The molecule has 3 N–H and O–H groups in total. The summed E-state index contributed by atoms with van der Waals surface area (Å²) in [4.78, 5) is 30.4. The minimum Gasteiger partial charge on any atom is -0.364 e. The zero-order chi connectivity index (χ0) is 22.6. The molecule has 0 spiro atoms. The quantitative estimate of drug-likeness (QED) is 0.630. The molecule has 0 unspecified atom stereocenters. The Morgan fingerprint density at radius 2 is 2.06 bits per heavy atom. The zero-order valence-corrected chi connectivity index (χ0v) is 17.1. The second kappa shape index (κ2) is 9.32. The van der Waals surface area contributed by atoms with E-state index in [4.69, 9.17) is 5.73 Å². The molecule has 1 atom stereocenters. The lowest BCUT2D eigenvalue weighted by Gasteiger charge is -2.29. The maximum atomic E-state index is 13.6. The minimum atomic E-state index is -2.70. The van der Waals surface area contributed by atoms with Crippen molar-refractivity contribution in [3.8, 4) is 0 Å². The fraction of sp³-hybridized carbons (Fsp3) is 0.348. The molecule has 8 heteroatoms. The number of amides is 1. The summed E-state index contributed by atoms with van der Waals surface area (Å²) in [5, 5.41) is 0.0984. The molecule has 2 heterocycles. The first-order chi connectivity index (χ1) is 14.7. The highest BCUT2D eigenvalue weighted by atomic mass is 19.3.